The molecule has 1 fully saturated rings. The van der Waals surface area contributed by atoms with Gasteiger partial charge in [-0.3, -0.25) is 0 Å². The number of hydrogen-bond acceptors (Lipinski definition) is 3. The van der Waals surface area contributed by atoms with E-state index < -0.39 is 6.10 Å². The Morgan fingerprint density at radius 3 is 2.72 bits per heavy atom. The smallest absolute Gasteiger partial charge is 0.119 e. The molecule has 2 N–H and O–H groups in total. The van der Waals surface area contributed by atoms with Crippen LogP contribution in [0, 0.1) is 5.92 Å². The van der Waals surface area contributed by atoms with Gasteiger partial charge in [-0.25, -0.2) is 0 Å². The van der Waals surface area contributed by atoms with Crippen molar-refractivity contribution in [3.63, 3.8) is 0 Å². The number of benzene rings is 1. The van der Waals surface area contributed by atoms with Gasteiger partial charge in [0.25, 0.3) is 0 Å². The molecular formula is C15H23NO2. The van der Waals surface area contributed by atoms with E-state index in [2.05, 4.69) is 12.2 Å². The number of aliphatic hydroxyl groups is 1. The summed E-state index contributed by atoms with van der Waals surface area (Å²) in [6.45, 7) is 3.12. The normalized spacial score (nSPS) is 18.3. The maximum atomic E-state index is 9.82. The summed E-state index contributed by atoms with van der Waals surface area (Å²) in [6.07, 6.45) is 3.54. The summed E-state index contributed by atoms with van der Waals surface area (Å²) in [6, 6.07) is 10.1. The minimum atomic E-state index is -0.452. The lowest BCUT2D eigenvalue weighted by molar-refractivity contribution is 0.103. The maximum Gasteiger partial charge on any atom is 0.119 e. The number of para-hydroxylation sites is 1. The first-order chi connectivity index (χ1) is 8.74. The van der Waals surface area contributed by atoms with Crippen molar-refractivity contribution >= 4 is 0 Å². The third-order valence-electron chi connectivity index (χ3n) is 3.27. The van der Waals surface area contributed by atoms with E-state index in [0.29, 0.717) is 19.2 Å². The van der Waals surface area contributed by atoms with Crippen LogP contribution in [-0.4, -0.2) is 30.4 Å². The quantitative estimate of drug-likeness (QED) is 0.742. The van der Waals surface area contributed by atoms with Crippen LogP contribution in [0.2, 0.25) is 0 Å². The second-order valence-corrected chi connectivity index (χ2v) is 5.27. The average Bonchev–Trinajstić information content (AvgIpc) is 3.19. The first-order valence-electron chi connectivity index (χ1n) is 6.83. The van der Waals surface area contributed by atoms with Gasteiger partial charge in [-0.05, 0) is 31.4 Å². The molecule has 3 heteroatoms. The van der Waals surface area contributed by atoms with Crippen molar-refractivity contribution in [1.29, 1.82) is 0 Å². The Bertz CT molecular complexity index is 338. The van der Waals surface area contributed by atoms with Crippen molar-refractivity contribution in [1.82, 2.24) is 5.32 Å². The fraction of sp³-hybridized carbons (Fsp3) is 0.600. The Hall–Kier alpha value is -1.06. The summed E-state index contributed by atoms with van der Waals surface area (Å²) in [4.78, 5) is 0. The van der Waals surface area contributed by atoms with Crippen LogP contribution in [-0.2, 0) is 0 Å². The highest BCUT2D eigenvalue weighted by Crippen LogP contribution is 2.33. The molecule has 100 valence electrons. The summed E-state index contributed by atoms with van der Waals surface area (Å²) < 4.78 is 5.50. The van der Waals surface area contributed by atoms with Gasteiger partial charge in [0.2, 0.25) is 0 Å². The highest BCUT2D eigenvalue weighted by atomic mass is 16.5. The first kappa shape index (κ1) is 13.4. The zero-order valence-electron chi connectivity index (χ0n) is 11.0. The van der Waals surface area contributed by atoms with Crippen molar-refractivity contribution in [3.05, 3.63) is 30.3 Å². The summed E-state index contributed by atoms with van der Waals surface area (Å²) >= 11 is 0. The minimum Gasteiger partial charge on any atom is -0.491 e. The van der Waals surface area contributed by atoms with Gasteiger partial charge < -0.3 is 15.2 Å². The lowest BCUT2D eigenvalue weighted by Crippen LogP contribution is -2.36. The van der Waals surface area contributed by atoms with Gasteiger partial charge >= 0.3 is 0 Å². The van der Waals surface area contributed by atoms with Gasteiger partial charge in [0.05, 0.1) is 0 Å². The van der Waals surface area contributed by atoms with Crippen LogP contribution in [0.15, 0.2) is 30.3 Å². The monoisotopic (exact) mass is 249 g/mol. The molecule has 0 heterocycles. The van der Waals surface area contributed by atoms with Gasteiger partial charge in [-0.2, -0.15) is 0 Å². The fourth-order valence-electron chi connectivity index (χ4n) is 2.04. The second-order valence-electron chi connectivity index (χ2n) is 5.27. The molecule has 1 aromatic rings. The van der Waals surface area contributed by atoms with Crippen molar-refractivity contribution in [2.75, 3.05) is 13.2 Å². The molecule has 0 radical (unpaired) electrons. The molecule has 1 saturated carbocycles. The fourth-order valence-corrected chi connectivity index (χ4v) is 2.04. The number of rotatable bonds is 8. The molecule has 3 nitrogen and oxygen atoms in total. The predicted octanol–water partition coefficient (Wildman–Crippen LogP) is 2.20. The molecule has 0 bridgehead atoms. The molecule has 2 rings (SSSR count). The van der Waals surface area contributed by atoms with E-state index in [-0.39, 0.29) is 0 Å². The first-order valence-corrected chi connectivity index (χ1v) is 6.83. The SMILES string of the molecule is CC(CC1CC1)NCC(O)COc1ccccc1. The Morgan fingerprint density at radius 2 is 2.06 bits per heavy atom. The lowest BCUT2D eigenvalue weighted by atomic mass is 10.1. The van der Waals surface area contributed by atoms with Crippen LogP contribution in [0.25, 0.3) is 0 Å². The van der Waals surface area contributed by atoms with E-state index in [4.69, 9.17) is 4.74 Å². The topological polar surface area (TPSA) is 41.5 Å². The van der Waals surface area contributed by atoms with Crippen molar-refractivity contribution in [3.8, 4) is 5.75 Å². The van der Waals surface area contributed by atoms with Gasteiger partial charge in [0.1, 0.15) is 18.5 Å². The molecule has 18 heavy (non-hydrogen) atoms. The molecule has 0 aliphatic heterocycles. The van der Waals surface area contributed by atoms with E-state index in [1.165, 1.54) is 19.3 Å². The van der Waals surface area contributed by atoms with E-state index in [1.807, 2.05) is 30.3 Å². The standard InChI is InChI=1S/C15H23NO2/c1-12(9-13-7-8-13)16-10-14(17)11-18-15-5-3-2-4-6-15/h2-6,12-14,16-17H,7-11H2,1H3. The molecule has 2 unspecified atom stereocenters. The van der Waals surface area contributed by atoms with E-state index >= 15 is 0 Å². The maximum absolute atomic E-state index is 9.82. The molecule has 1 aromatic carbocycles. The average molecular weight is 249 g/mol. The Kier molecular flexibility index (Phi) is 5.02. The van der Waals surface area contributed by atoms with Crippen molar-refractivity contribution in [2.45, 2.75) is 38.3 Å². The van der Waals surface area contributed by atoms with Crippen LogP contribution < -0.4 is 10.1 Å². The summed E-state index contributed by atoms with van der Waals surface area (Å²) in [5, 5.41) is 13.2. The number of aliphatic hydroxyl groups excluding tert-OH is 1. The Morgan fingerprint density at radius 1 is 1.33 bits per heavy atom. The largest absolute Gasteiger partial charge is 0.491 e. The van der Waals surface area contributed by atoms with Crippen LogP contribution in [0.3, 0.4) is 0 Å². The van der Waals surface area contributed by atoms with Crippen LogP contribution in [0.5, 0.6) is 5.75 Å². The van der Waals surface area contributed by atoms with E-state index in [0.717, 1.165) is 11.7 Å². The van der Waals surface area contributed by atoms with Crippen LogP contribution >= 0.6 is 0 Å². The summed E-state index contributed by atoms with van der Waals surface area (Å²) in [5.41, 5.74) is 0. The number of hydrogen-bond donors (Lipinski definition) is 2. The van der Waals surface area contributed by atoms with Crippen LogP contribution in [0.4, 0.5) is 0 Å². The molecule has 2 atom stereocenters. The molecule has 0 amide bonds. The predicted molar refractivity (Wildman–Crippen MR) is 72.7 cm³/mol. The molecule has 0 aromatic heterocycles. The van der Waals surface area contributed by atoms with Gasteiger partial charge in [-0.1, -0.05) is 31.0 Å². The Labute approximate surface area is 109 Å². The summed E-state index contributed by atoms with van der Waals surface area (Å²) in [5.74, 6) is 1.73. The van der Waals surface area contributed by atoms with Gasteiger partial charge in [0.15, 0.2) is 0 Å². The van der Waals surface area contributed by atoms with Crippen LogP contribution in [0.1, 0.15) is 26.2 Å². The Balaban J connectivity index is 1.58. The second kappa shape index (κ2) is 6.76. The van der Waals surface area contributed by atoms with Crippen molar-refractivity contribution in [2.24, 2.45) is 5.92 Å². The third kappa shape index (κ3) is 5.07. The molecule has 1 aliphatic carbocycles. The summed E-state index contributed by atoms with van der Waals surface area (Å²) in [7, 11) is 0. The highest BCUT2D eigenvalue weighted by Gasteiger charge is 2.23. The lowest BCUT2D eigenvalue weighted by Gasteiger charge is -2.17. The minimum absolute atomic E-state index is 0.340. The molecule has 0 saturated heterocycles. The van der Waals surface area contributed by atoms with Gasteiger partial charge in [0, 0.05) is 12.6 Å². The van der Waals surface area contributed by atoms with E-state index in [1.54, 1.807) is 0 Å². The molecular weight excluding hydrogens is 226 g/mol. The number of ether oxygens (including phenoxy) is 1. The van der Waals surface area contributed by atoms with E-state index in [9.17, 15) is 5.11 Å². The molecule has 1 aliphatic rings. The zero-order valence-corrected chi connectivity index (χ0v) is 11.0. The third-order valence-corrected chi connectivity index (χ3v) is 3.27. The van der Waals surface area contributed by atoms with Gasteiger partial charge in [-0.15, -0.1) is 0 Å². The molecule has 0 spiro atoms. The highest BCUT2D eigenvalue weighted by molar-refractivity contribution is 5.20. The zero-order chi connectivity index (χ0) is 12.8. The number of nitrogens with one attached hydrogen (secondary N) is 1. The van der Waals surface area contributed by atoms with Crippen molar-refractivity contribution < 1.29 is 9.84 Å².